The molecule has 0 aromatic carbocycles. The Kier molecular flexibility index (Phi) is 5.03. The van der Waals surface area contributed by atoms with Crippen LogP contribution in [0.15, 0.2) is 0 Å². The third-order valence-corrected chi connectivity index (χ3v) is 2.53. The van der Waals surface area contributed by atoms with Crippen molar-refractivity contribution in [2.75, 3.05) is 18.4 Å². The van der Waals surface area contributed by atoms with Crippen LogP contribution in [0.25, 0.3) is 0 Å². The molecule has 0 amide bonds. The van der Waals surface area contributed by atoms with E-state index in [1.54, 1.807) is 7.05 Å². The van der Waals surface area contributed by atoms with Crippen LogP contribution in [0, 0.1) is 0 Å². The van der Waals surface area contributed by atoms with Crippen LogP contribution >= 0.6 is 15.9 Å². The average Bonchev–Trinajstić information content (AvgIpc) is 2.58. The van der Waals surface area contributed by atoms with Crippen molar-refractivity contribution in [2.24, 2.45) is 7.05 Å². The highest BCUT2D eigenvalue weighted by Gasteiger charge is 2.06. The number of hydrogen-bond acceptors (Lipinski definition) is 4. The highest BCUT2D eigenvalue weighted by atomic mass is 79.9. The van der Waals surface area contributed by atoms with Gasteiger partial charge in [-0.1, -0.05) is 22.9 Å². The number of nitrogens with zero attached hydrogens (tertiary/aromatic N) is 5. The molecule has 0 fully saturated rings. The van der Waals surface area contributed by atoms with Crippen molar-refractivity contribution in [1.29, 1.82) is 0 Å². The van der Waals surface area contributed by atoms with Crippen LogP contribution < -0.4 is 0 Å². The topological polar surface area (TPSA) is 46.8 Å². The second-order valence-corrected chi connectivity index (χ2v) is 3.90. The first-order valence-corrected chi connectivity index (χ1v) is 5.89. The van der Waals surface area contributed by atoms with E-state index in [2.05, 4.69) is 43.2 Å². The van der Waals surface area contributed by atoms with Crippen molar-refractivity contribution in [1.82, 2.24) is 25.1 Å². The van der Waals surface area contributed by atoms with E-state index in [9.17, 15) is 0 Å². The maximum Gasteiger partial charge on any atom is 0.188 e. The van der Waals surface area contributed by atoms with E-state index in [1.807, 2.05) is 0 Å². The highest BCUT2D eigenvalue weighted by molar-refractivity contribution is 9.09. The van der Waals surface area contributed by atoms with Crippen LogP contribution in [0.5, 0.6) is 0 Å². The molecule has 1 heterocycles. The molecule has 1 aromatic rings. The van der Waals surface area contributed by atoms with Gasteiger partial charge in [0.25, 0.3) is 0 Å². The SMILES string of the molecule is CCN(CCCBr)Cc1nnn(C)n1. The summed E-state index contributed by atoms with van der Waals surface area (Å²) in [6, 6.07) is 0. The van der Waals surface area contributed by atoms with Gasteiger partial charge in [-0.25, -0.2) is 0 Å². The fourth-order valence-corrected chi connectivity index (χ4v) is 1.47. The van der Waals surface area contributed by atoms with E-state index in [-0.39, 0.29) is 0 Å². The lowest BCUT2D eigenvalue weighted by molar-refractivity contribution is 0.274. The fourth-order valence-electron chi connectivity index (χ4n) is 1.22. The van der Waals surface area contributed by atoms with Crippen LogP contribution in [0.4, 0.5) is 0 Å². The van der Waals surface area contributed by atoms with Gasteiger partial charge in [0.2, 0.25) is 0 Å². The van der Waals surface area contributed by atoms with Crippen LogP contribution in [0.3, 0.4) is 0 Å². The number of aromatic nitrogens is 4. The molecule has 0 radical (unpaired) electrons. The molecule has 0 saturated heterocycles. The van der Waals surface area contributed by atoms with Gasteiger partial charge in [0, 0.05) is 5.33 Å². The van der Waals surface area contributed by atoms with E-state index >= 15 is 0 Å². The predicted octanol–water partition coefficient (Wildman–Crippen LogP) is 0.817. The maximum atomic E-state index is 4.15. The second-order valence-electron chi connectivity index (χ2n) is 3.11. The molecule has 14 heavy (non-hydrogen) atoms. The predicted molar refractivity (Wildman–Crippen MR) is 58.2 cm³/mol. The molecule has 5 nitrogen and oxygen atoms in total. The van der Waals surface area contributed by atoms with Crippen molar-refractivity contribution >= 4 is 15.9 Å². The zero-order valence-corrected chi connectivity index (χ0v) is 10.2. The molecular weight excluding hydrogens is 246 g/mol. The summed E-state index contributed by atoms with van der Waals surface area (Å²) < 4.78 is 0. The van der Waals surface area contributed by atoms with Gasteiger partial charge in [-0.05, 0) is 24.7 Å². The third-order valence-electron chi connectivity index (χ3n) is 1.97. The van der Waals surface area contributed by atoms with Gasteiger partial charge < -0.3 is 0 Å². The van der Waals surface area contributed by atoms with Gasteiger partial charge in [0.1, 0.15) is 0 Å². The van der Waals surface area contributed by atoms with E-state index < -0.39 is 0 Å². The third kappa shape index (κ3) is 3.71. The monoisotopic (exact) mass is 261 g/mol. The molecule has 0 saturated carbocycles. The van der Waals surface area contributed by atoms with Crippen LogP contribution in [-0.2, 0) is 13.6 Å². The van der Waals surface area contributed by atoms with E-state index in [0.717, 1.165) is 37.2 Å². The van der Waals surface area contributed by atoms with Gasteiger partial charge in [-0.2, -0.15) is 4.80 Å². The lowest BCUT2D eigenvalue weighted by atomic mass is 10.4. The Labute approximate surface area is 92.6 Å². The van der Waals surface area contributed by atoms with Gasteiger partial charge in [0.05, 0.1) is 13.6 Å². The Hall–Kier alpha value is -0.490. The zero-order valence-electron chi connectivity index (χ0n) is 8.65. The fraction of sp³-hybridized carbons (Fsp3) is 0.875. The number of hydrogen-bond donors (Lipinski definition) is 0. The number of halogens is 1. The van der Waals surface area contributed by atoms with Crippen LogP contribution in [-0.4, -0.2) is 43.5 Å². The summed E-state index contributed by atoms with van der Waals surface area (Å²) in [5.41, 5.74) is 0. The highest BCUT2D eigenvalue weighted by Crippen LogP contribution is 1.99. The molecular formula is C8H16BrN5. The van der Waals surface area contributed by atoms with Crippen LogP contribution in [0.2, 0.25) is 0 Å². The summed E-state index contributed by atoms with van der Waals surface area (Å²) in [5, 5.41) is 13.0. The summed E-state index contributed by atoms with van der Waals surface area (Å²) in [4.78, 5) is 3.80. The number of tetrazole rings is 1. The molecule has 6 heteroatoms. The summed E-state index contributed by atoms with van der Waals surface area (Å²) in [6.07, 6.45) is 1.15. The Bertz CT molecular complexity index is 262. The van der Waals surface area contributed by atoms with Crippen molar-refractivity contribution in [2.45, 2.75) is 19.9 Å². The molecule has 80 valence electrons. The zero-order chi connectivity index (χ0) is 10.4. The van der Waals surface area contributed by atoms with Gasteiger partial charge in [-0.3, -0.25) is 4.90 Å². The molecule has 0 spiro atoms. The Morgan fingerprint density at radius 2 is 2.29 bits per heavy atom. The Morgan fingerprint density at radius 3 is 2.79 bits per heavy atom. The molecule has 0 aliphatic heterocycles. The summed E-state index contributed by atoms with van der Waals surface area (Å²) in [5.74, 6) is 0.795. The lowest BCUT2D eigenvalue weighted by Gasteiger charge is -2.17. The molecule has 1 rings (SSSR count). The minimum absolute atomic E-state index is 0.789. The minimum Gasteiger partial charge on any atom is -0.296 e. The molecule has 0 N–H and O–H groups in total. The minimum atomic E-state index is 0.789. The van der Waals surface area contributed by atoms with Gasteiger partial charge in [0.15, 0.2) is 5.82 Å². The van der Waals surface area contributed by atoms with Crippen molar-refractivity contribution in [3.63, 3.8) is 0 Å². The molecule has 0 aliphatic carbocycles. The van der Waals surface area contributed by atoms with Crippen LogP contribution in [0.1, 0.15) is 19.2 Å². The first-order chi connectivity index (χ1) is 6.76. The number of alkyl halides is 1. The van der Waals surface area contributed by atoms with E-state index in [0.29, 0.717) is 0 Å². The first-order valence-electron chi connectivity index (χ1n) is 4.77. The van der Waals surface area contributed by atoms with Crippen molar-refractivity contribution in [3.8, 4) is 0 Å². The number of aryl methyl sites for hydroxylation is 1. The summed E-state index contributed by atoms with van der Waals surface area (Å²) >= 11 is 3.42. The molecule has 0 atom stereocenters. The molecule has 0 bridgehead atoms. The van der Waals surface area contributed by atoms with Gasteiger partial charge >= 0.3 is 0 Å². The summed E-state index contributed by atoms with van der Waals surface area (Å²) in [7, 11) is 1.78. The quantitative estimate of drug-likeness (QED) is 0.712. The summed E-state index contributed by atoms with van der Waals surface area (Å²) in [6.45, 7) is 5.02. The smallest absolute Gasteiger partial charge is 0.188 e. The van der Waals surface area contributed by atoms with E-state index in [1.165, 1.54) is 4.80 Å². The normalized spacial score (nSPS) is 11.1. The van der Waals surface area contributed by atoms with Gasteiger partial charge in [-0.15, -0.1) is 10.2 Å². The first kappa shape index (κ1) is 11.6. The maximum absolute atomic E-state index is 4.15. The molecule has 1 aromatic heterocycles. The standard InChI is InChI=1S/C8H16BrN5/c1-3-14(6-4-5-9)7-8-10-12-13(2)11-8/h3-7H2,1-2H3. The molecule has 0 unspecified atom stereocenters. The average molecular weight is 262 g/mol. The molecule has 0 aliphatic rings. The largest absolute Gasteiger partial charge is 0.296 e. The number of rotatable bonds is 6. The van der Waals surface area contributed by atoms with Crippen molar-refractivity contribution < 1.29 is 0 Å². The Morgan fingerprint density at radius 1 is 1.50 bits per heavy atom. The second kappa shape index (κ2) is 6.08. The Balaban J connectivity index is 2.40. The van der Waals surface area contributed by atoms with Crippen molar-refractivity contribution in [3.05, 3.63) is 5.82 Å². The van der Waals surface area contributed by atoms with E-state index in [4.69, 9.17) is 0 Å². The lowest BCUT2D eigenvalue weighted by Crippen LogP contribution is -2.25.